The largest absolute Gasteiger partial charge is 0.466 e. The van der Waals surface area contributed by atoms with Crippen LogP contribution in [0.2, 0.25) is 0 Å². The van der Waals surface area contributed by atoms with E-state index in [1.165, 1.54) is 35.9 Å². The van der Waals surface area contributed by atoms with E-state index in [1.54, 1.807) is 50.2 Å². The molecule has 6 aromatic rings. The lowest BCUT2D eigenvalue weighted by atomic mass is 10.0. The van der Waals surface area contributed by atoms with Crippen LogP contribution in [0, 0.1) is 12.7 Å². The Bertz CT molecular complexity index is 2310. The van der Waals surface area contributed by atoms with E-state index in [-0.39, 0.29) is 27.0 Å². The summed E-state index contributed by atoms with van der Waals surface area (Å²) in [7, 11) is -5.79. The van der Waals surface area contributed by atoms with E-state index < -0.39 is 26.6 Å². The molecule has 1 atom stereocenters. The zero-order chi connectivity index (χ0) is 34.7. The number of nitrogens with zero attached hydrogens (tertiary/aromatic N) is 2. The summed E-state index contributed by atoms with van der Waals surface area (Å²) in [4.78, 5) is 16.7. The molecule has 0 aliphatic rings. The van der Waals surface area contributed by atoms with Crippen molar-refractivity contribution >= 4 is 49.0 Å². The minimum Gasteiger partial charge on any atom is -0.466 e. The number of aryl methyl sites for hydroxylation is 2. The Labute approximate surface area is 290 Å². The zero-order valence-corrected chi connectivity index (χ0v) is 29.5. The summed E-state index contributed by atoms with van der Waals surface area (Å²) in [5.41, 5.74) is 4.36. The molecule has 2 aromatic heterocycles. The van der Waals surface area contributed by atoms with Crippen LogP contribution in [0.4, 0.5) is 4.39 Å². The minimum absolute atomic E-state index is 0.0557. The fourth-order valence-corrected chi connectivity index (χ4v) is 8.90. The second kappa shape index (κ2) is 14.5. The van der Waals surface area contributed by atoms with Crippen LogP contribution >= 0.6 is 11.3 Å². The molecule has 1 unspecified atom stereocenters. The smallest absolute Gasteiger partial charge is 0.306 e. The summed E-state index contributed by atoms with van der Waals surface area (Å²) in [5, 5.41) is 3.03. The van der Waals surface area contributed by atoms with E-state index in [0.717, 1.165) is 37.4 Å². The van der Waals surface area contributed by atoms with Gasteiger partial charge in [-0.1, -0.05) is 54.6 Å². The Morgan fingerprint density at radius 1 is 1.00 bits per heavy atom. The molecular weight excluding hydrogens is 684 g/mol. The van der Waals surface area contributed by atoms with E-state index >= 15 is 4.39 Å². The molecule has 0 N–H and O–H groups in total. The third-order valence-electron chi connectivity index (χ3n) is 7.89. The predicted octanol–water partition coefficient (Wildman–Crippen LogP) is 8.07. The maximum absolute atomic E-state index is 15.8. The Morgan fingerprint density at radius 3 is 2.55 bits per heavy atom. The number of halogens is 1. The number of rotatable bonds is 12. The van der Waals surface area contributed by atoms with Gasteiger partial charge in [0, 0.05) is 47.7 Å². The fraction of sp³-hybridized carbons (Fsp3) is 0.189. The van der Waals surface area contributed by atoms with E-state index in [0.29, 0.717) is 42.6 Å². The van der Waals surface area contributed by atoms with Gasteiger partial charge in [-0.3, -0.25) is 9.00 Å². The molecular formula is C37H33FN2O6S3. The molecule has 49 heavy (non-hydrogen) atoms. The van der Waals surface area contributed by atoms with Crippen LogP contribution in [-0.2, 0) is 43.2 Å². The van der Waals surface area contributed by atoms with Crippen molar-refractivity contribution < 1.29 is 31.3 Å². The first kappa shape index (κ1) is 34.2. The molecule has 0 amide bonds. The Morgan fingerprint density at radius 2 is 1.78 bits per heavy atom. The highest BCUT2D eigenvalue weighted by molar-refractivity contribution is 7.90. The van der Waals surface area contributed by atoms with Crippen LogP contribution in [0.3, 0.4) is 0 Å². The molecule has 6 rings (SSSR count). The lowest BCUT2D eigenvalue weighted by Crippen LogP contribution is -2.13. The number of ether oxygens (including phenoxy) is 2. The Hall–Kier alpha value is -4.65. The van der Waals surface area contributed by atoms with Gasteiger partial charge in [-0.15, -0.1) is 11.3 Å². The number of fused-ring (bicyclic) bond motifs is 1. The van der Waals surface area contributed by atoms with Crippen molar-refractivity contribution in [3.63, 3.8) is 0 Å². The number of hydrogen-bond acceptors (Lipinski definition) is 8. The van der Waals surface area contributed by atoms with Gasteiger partial charge in [0.1, 0.15) is 10.8 Å². The summed E-state index contributed by atoms with van der Waals surface area (Å²) in [5.74, 6) is -0.988. The van der Waals surface area contributed by atoms with E-state index in [4.69, 9.17) is 14.5 Å². The van der Waals surface area contributed by atoms with Crippen molar-refractivity contribution in [3.05, 3.63) is 125 Å². The quantitative estimate of drug-likeness (QED) is 0.118. The third kappa shape index (κ3) is 7.36. The van der Waals surface area contributed by atoms with Crippen molar-refractivity contribution in [2.24, 2.45) is 0 Å². The number of esters is 1. The van der Waals surface area contributed by atoms with Gasteiger partial charge in [0.25, 0.3) is 10.0 Å². The molecule has 0 saturated heterocycles. The van der Waals surface area contributed by atoms with Crippen LogP contribution in [-0.4, -0.2) is 40.4 Å². The highest BCUT2D eigenvalue weighted by Gasteiger charge is 2.26. The van der Waals surface area contributed by atoms with Gasteiger partial charge in [-0.2, -0.15) is 0 Å². The van der Waals surface area contributed by atoms with Crippen LogP contribution in [0.5, 0.6) is 11.5 Å². The average Bonchev–Trinajstić information content (AvgIpc) is 3.72. The van der Waals surface area contributed by atoms with Gasteiger partial charge in [-0.25, -0.2) is 21.8 Å². The minimum atomic E-state index is -4.06. The van der Waals surface area contributed by atoms with Gasteiger partial charge in [0.2, 0.25) is 0 Å². The SMILES string of the molecule is CCOC(=O)CCc1cccc(Cc2csc(-c3cccc(Oc4c(F)cc5c(ccn5S(=O)(=O)c5ccccc5C)c4S(C)=O)c3)n2)c1. The zero-order valence-electron chi connectivity index (χ0n) is 27.0. The van der Waals surface area contributed by atoms with Gasteiger partial charge in [0.15, 0.2) is 11.6 Å². The molecule has 0 fully saturated rings. The molecule has 252 valence electrons. The Kier molecular flexibility index (Phi) is 10.1. The molecule has 0 aliphatic carbocycles. The third-order valence-corrected chi connectivity index (χ3v) is 11.7. The summed E-state index contributed by atoms with van der Waals surface area (Å²) in [6.07, 6.45) is 4.27. The molecule has 0 radical (unpaired) electrons. The first-order chi connectivity index (χ1) is 23.5. The van der Waals surface area contributed by atoms with E-state index in [1.807, 2.05) is 29.6 Å². The molecule has 0 aliphatic heterocycles. The number of carbonyl (C=O) groups is 1. The lowest BCUT2D eigenvalue weighted by Gasteiger charge is -2.14. The molecule has 0 bridgehead atoms. The summed E-state index contributed by atoms with van der Waals surface area (Å²) >= 11 is 1.47. The van der Waals surface area contributed by atoms with Gasteiger partial charge in [0.05, 0.1) is 38.4 Å². The number of thiazole rings is 1. The molecule has 0 saturated carbocycles. The molecule has 2 heterocycles. The maximum atomic E-state index is 15.8. The van der Waals surface area contributed by atoms with E-state index in [2.05, 4.69) is 6.07 Å². The average molecular weight is 717 g/mol. The first-order valence-corrected chi connectivity index (χ1v) is 19.4. The molecule has 0 spiro atoms. The van der Waals surface area contributed by atoms with Crippen LogP contribution in [0.25, 0.3) is 21.5 Å². The predicted molar refractivity (Wildman–Crippen MR) is 190 cm³/mol. The standard InChI is InChI=1S/C37H33FN2O6S3/c1-4-45-34(41)16-15-25-10-7-11-26(19-25)20-28-23-47-37(39-28)27-12-8-13-29(21-27)46-35-31(38)22-32-30(36(35)48(3)42)17-18-40(32)49(43,44)33-14-6-5-9-24(33)2/h5-14,17-19,21-23H,4,15-16,20H2,1-3H3. The number of carbonyl (C=O) groups excluding carboxylic acids is 1. The number of benzene rings is 4. The van der Waals surface area contributed by atoms with E-state index in [9.17, 15) is 17.4 Å². The second-order valence-corrected chi connectivity index (χ2v) is 15.3. The number of hydrogen-bond donors (Lipinski definition) is 0. The van der Waals surface area contributed by atoms with Crippen molar-refractivity contribution in [3.8, 4) is 22.1 Å². The van der Waals surface area contributed by atoms with Crippen LogP contribution in [0.15, 0.2) is 106 Å². The monoisotopic (exact) mass is 716 g/mol. The fourth-order valence-electron chi connectivity index (χ4n) is 5.63. The highest BCUT2D eigenvalue weighted by atomic mass is 32.2. The van der Waals surface area contributed by atoms with Crippen molar-refractivity contribution in [2.45, 2.75) is 42.9 Å². The normalized spacial score (nSPS) is 12.2. The topological polar surface area (TPSA) is 105 Å². The highest BCUT2D eigenvalue weighted by Crippen LogP contribution is 2.39. The Balaban J connectivity index is 1.25. The van der Waals surface area contributed by atoms with Crippen molar-refractivity contribution in [2.75, 3.05) is 12.9 Å². The van der Waals surface area contributed by atoms with Gasteiger partial charge < -0.3 is 9.47 Å². The summed E-state index contributed by atoms with van der Waals surface area (Å²) in [6.45, 7) is 3.85. The second-order valence-electron chi connectivity index (χ2n) is 11.4. The van der Waals surface area contributed by atoms with Crippen molar-refractivity contribution in [1.82, 2.24) is 8.96 Å². The van der Waals surface area contributed by atoms with Gasteiger partial charge in [-0.05, 0) is 61.2 Å². The molecule has 8 nitrogen and oxygen atoms in total. The number of aromatic nitrogens is 2. The maximum Gasteiger partial charge on any atom is 0.306 e. The lowest BCUT2D eigenvalue weighted by molar-refractivity contribution is -0.143. The first-order valence-electron chi connectivity index (χ1n) is 15.5. The summed E-state index contributed by atoms with van der Waals surface area (Å²) in [6, 6.07) is 24.3. The molecule has 12 heteroatoms. The van der Waals surface area contributed by atoms with Crippen molar-refractivity contribution in [1.29, 1.82) is 0 Å². The van der Waals surface area contributed by atoms with Crippen LogP contribution in [0.1, 0.15) is 35.7 Å². The summed E-state index contributed by atoms with van der Waals surface area (Å²) < 4.78 is 68.1. The van der Waals surface area contributed by atoms with Gasteiger partial charge >= 0.3 is 5.97 Å². The molecule has 4 aromatic carbocycles. The van der Waals surface area contributed by atoms with Crippen LogP contribution < -0.4 is 4.74 Å².